The maximum Gasteiger partial charge on any atom is 0.262 e. The number of nitrogens with zero attached hydrogens (tertiary/aromatic N) is 5. The summed E-state index contributed by atoms with van der Waals surface area (Å²) in [5.41, 5.74) is 3.42. The highest BCUT2D eigenvalue weighted by atomic mass is 19.2. The zero-order chi connectivity index (χ0) is 34.5. The lowest BCUT2D eigenvalue weighted by molar-refractivity contribution is 0.465. The number of para-hydroxylation sites is 1. The summed E-state index contributed by atoms with van der Waals surface area (Å²) in [5.74, 6) is -6.86. The molecule has 9 heteroatoms. The van der Waals surface area contributed by atoms with E-state index in [4.69, 9.17) is 28.1 Å². The number of benzene rings is 6. The van der Waals surface area contributed by atoms with Gasteiger partial charge in [-0.15, -0.1) is 0 Å². The van der Waals surface area contributed by atoms with E-state index in [0.717, 1.165) is 16.5 Å². The highest BCUT2D eigenvalue weighted by Crippen LogP contribution is 2.44. The third kappa shape index (κ3) is 4.72. The molecule has 0 aliphatic carbocycles. The Kier molecular flexibility index (Phi) is 7.24. The molecule has 50 heavy (non-hydrogen) atoms. The molecule has 0 N–H and O–H groups in total. The van der Waals surface area contributed by atoms with E-state index in [2.05, 4.69) is 9.69 Å². The quantitative estimate of drug-likeness (QED) is 0.0819. The van der Waals surface area contributed by atoms with Crippen molar-refractivity contribution < 1.29 is 17.6 Å². The van der Waals surface area contributed by atoms with Gasteiger partial charge in [-0.3, -0.25) is 0 Å². The summed E-state index contributed by atoms with van der Waals surface area (Å²) in [6.45, 7) is 15.1. The van der Waals surface area contributed by atoms with Crippen LogP contribution in [0.15, 0.2) is 115 Å². The third-order valence-electron chi connectivity index (χ3n) is 8.60. The summed E-state index contributed by atoms with van der Waals surface area (Å²) in [5, 5.41) is 1.89. The molecule has 236 valence electrons. The van der Waals surface area contributed by atoms with Crippen LogP contribution < -0.4 is 0 Å². The molecule has 0 aliphatic rings. The Hall–Kier alpha value is -6.97. The van der Waals surface area contributed by atoms with Crippen molar-refractivity contribution in [3.63, 3.8) is 0 Å². The highest BCUT2D eigenvalue weighted by Gasteiger charge is 2.27. The Morgan fingerprint density at radius 3 is 1.58 bits per heavy atom. The van der Waals surface area contributed by atoms with Gasteiger partial charge < -0.3 is 0 Å². The number of fused-ring (bicyclic) bond motifs is 5. The molecule has 0 amide bonds. The molecule has 0 spiro atoms. The van der Waals surface area contributed by atoms with Gasteiger partial charge in [-0.25, -0.2) is 42.2 Å². The summed E-state index contributed by atoms with van der Waals surface area (Å²) in [6.07, 6.45) is 0. The van der Waals surface area contributed by atoms with Crippen LogP contribution in [0, 0.1) is 36.4 Å². The van der Waals surface area contributed by atoms with Crippen LogP contribution in [-0.2, 0) is 0 Å². The average molecular weight is 658 g/mol. The lowest BCUT2D eigenvalue weighted by Gasteiger charge is -2.16. The molecule has 2 aromatic heterocycles. The Morgan fingerprint density at radius 2 is 0.980 bits per heavy atom. The predicted octanol–water partition coefficient (Wildman–Crippen LogP) is 11.7. The van der Waals surface area contributed by atoms with Gasteiger partial charge in [0.15, 0.2) is 29.0 Å². The van der Waals surface area contributed by atoms with E-state index in [-0.39, 0.29) is 11.3 Å². The smallest absolute Gasteiger partial charge is 0.248 e. The van der Waals surface area contributed by atoms with Gasteiger partial charge in [0.2, 0.25) is 0 Å². The molecule has 6 aromatic carbocycles. The minimum Gasteiger partial charge on any atom is -0.248 e. The molecule has 0 saturated heterocycles. The van der Waals surface area contributed by atoms with Crippen molar-refractivity contribution in [3.8, 4) is 44.9 Å². The van der Waals surface area contributed by atoms with E-state index in [1.807, 2.05) is 84.9 Å². The summed E-state index contributed by atoms with van der Waals surface area (Å²) >= 11 is 0. The normalized spacial score (nSPS) is 11.2. The number of hydrogen-bond acceptors (Lipinski definition) is 3. The first-order valence-corrected chi connectivity index (χ1v) is 15.3. The molecular formula is C41H19F4N5. The lowest BCUT2D eigenvalue weighted by Crippen LogP contribution is -2.00. The first-order valence-electron chi connectivity index (χ1n) is 15.3. The molecule has 0 unspecified atom stereocenters. The van der Waals surface area contributed by atoms with Gasteiger partial charge in [0.05, 0.1) is 52.3 Å². The van der Waals surface area contributed by atoms with Crippen LogP contribution in [0.5, 0.6) is 0 Å². The molecule has 0 radical (unpaired) electrons. The fourth-order valence-electron chi connectivity index (χ4n) is 6.30. The van der Waals surface area contributed by atoms with Gasteiger partial charge in [0.25, 0.3) is 5.69 Å². The number of pyridine rings is 1. The van der Waals surface area contributed by atoms with Gasteiger partial charge in [-0.1, -0.05) is 103 Å². The van der Waals surface area contributed by atoms with Crippen LogP contribution in [0.4, 0.5) is 28.9 Å². The minimum atomic E-state index is -1.76. The molecular weight excluding hydrogens is 638 g/mol. The molecule has 0 saturated carbocycles. The molecule has 0 atom stereocenters. The zero-order valence-electron chi connectivity index (χ0n) is 25.7. The van der Waals surface area contributed by atoms with Crippen LogP contribution in [0.2, 0.25) is 0 Å². The first-order chi connectivity index (χ1) is 24.4. The third-order valence-corrected chi connectivity index (χ3v) is 8.60. The van der Waals surface area contributed by atoms with Crippen molar-refractivity contribution in [3.05, 3.63) is 161 Å². The minimum absolute atomic E-state index is 0.147. The maximum absolute atomic E-state index is 14.9. The number of aromatic nitrogens is 3. The van der Waals surface area contributed by atoms with Crippen LogP contribution in [-0.4, -0.2) is 15.0 Å². The van der Waals surface area contributed by atoms with Gasteiger partial charge >= 0.3 is 0 Å². The summed E-state index contributed by atoms with van der Waals surface area (Å²) in [4.78, 5) is 21.8. The van der Waals surface area contributed by atoms with Crippen molar-refractivity contribution in [2.45, 2.75) is 0 Å². The Labute approximate surface area is 282 Å². The molecule has 2 heterocycles. The number of rotatable bonds is 4. The van der Waals surface area contributed by atoms with E-state index < -0.39 is 34.5 Å². The predicted molar refractivity (Wildman–Crippen MR) is 186 cm³/mol. The second-order valence-electron chi connectivity index (χ2n) is 11.4. The Morgan fingerprint density at radius 1 is 0.460 bits per heavy atom. The molecule has 0 fully saturated rings. The van der Waals surface area contributed by atoms with Gasteiger partial charge in [-0.2, -0.15) is 0 Å². The second kappa shape index (κ2) is 11.9. The lowest BCUT2D eigenvalue weighted by atomic mass is 9.95. The number of hydrogen-bond donors (Lipinski definition) is 0. The van der Waals surface area contributed by atoms with E-state index in [1.54, 1.807) is 6.07 Å². The fourth-order valence-corrected chi connectivity index (χ4v) is 6.30. The van der Waals surface area contributed by atoms with Crippen LogP contribution >= 0.6 is 0 Å². The summed E-state index contributed by atoms with van der Waals surface area (Å²) in [7, 11) is 0. The van der Waals surface area contributed by atoms with E-state index >= 15 is 0 Å². The Bertz CT molecular complexity index is 2730. The molecule has 5 nitrogen and oxygen atoms in total. The molecule has 0 bridgehead atoms. The van der Waals surface area contributed by atoms with Gasteiger partial charge in [0, 0.05) is 27.3 Å². The topological polar surface area (TPSA) is 47.4 Å². The van der Waals surface area contributed by atoms with Crippen molar-refractivity contribution in [1.82, 2.24) is 15.0 Å². The van der Waals surface area contributed by atoms with Crippen LogP contribution in [0.3, 0.4) is 0 Å². The van der Waals surface area contributed by atoms with Gasteiger partial charge in [0.1, 0.15) is 0 Å². The monoisotopic (exact) mass is 657 g/mol. The molecule has 8 rings (SSSR count). The van der Waals surface area contributed by atoms with Crippen molar-refractivity contribution in [2.24, 2.45) is 0 Å². The van der Waals surface area contributed by atoms with Crippen molar-refractivity contribution in [1.29, 1.82) is 0 Å². The Balaban J connectivity index is 1.42. The largest absolute Gasteiger partial charge is 0.262 e. The molecule has 8 aromatic rings. The second-order valence-corrected chi connectivity index (χ2v) is 11.4. The zero-order valence-corrected chi connectivity index (χ0v) is 25.7. The van der Waals surface area contributed by atoms with Crippen molar-refractivity contribution in [2.75, 3.05) is 0 Å². The van der Waals surface area contributed by atoms with Crippen LogP contribution in [0.25, 0.3) is 87.3 Å². The van der Waals surface area contributed by atoms with E-state index in [9.17, 15) is 17.6 Å². The average Bonchev–Trinajstić information content (AvgIpc) is 3.17. The standard InChI is InChI=1S/C41H19F4N5/c1-46-28-21-29-40(50-39(24-13-7-4-8-14-24)38(49-29)23-11-5-3-6-12-23)31-26-15-9-10-16-27(26)48-37(32(28)31)25-19-17-22(18-20-25)30-33(42)35(44)41(47-2)36(45)34(30)43/h3-21H. The SMILES string of the molecule is [C-]#[N+]c1c(F)c(F)c(-c2ccc(-c3nc4ccccc4c4c3c([N+]#[C-])cc3nc(-c5ccccc5)c(-c5ccccc5)nc34)cc2)c(F)c1F. The number of halogens is 4. The summed E-state index contributed by atoms with van der Waals surface area (Å²) in [6, 6.07) is 34.2. The van der Waals surface area contributed by atoms with Crippen LogP contribution in [0.1, 0.15) is 0 Å². The maximum atomic E-state index is 14.9. The molecule has 0 aliphatic heterocycles. The first kappa shape index (κ1) is 30.4. The fraction of sp³-hybridized carbons (Fsp3) is 0. The van der Waals surface area contributed by atoms with Crippen molar-refractivity contribution >= 4 is 44.1 Å². The summed E-state index contributed by atoms with van der Waals surface area (Å²) < 4.78 is 58.8. The van der Waals surface area contributed by atoms with E-state index in [0.29, 0.717) is 50.0 Å². The highest BCUT2D eigenvalue weighted by molar-refractivity contribution is 6.25. The van der Waals surface area contributed by atoms with E-state index in [1.165, 1.54) is 24.3 Å². The van der Waals surface area contributed by atoms with Gasteiger partial charge in [-0.05, 0) is 23.3 Å².